The lowest BCUT2D eigenvalue weighted by atomic mass is 10.2. The maximum absolute atomic E-state index is 11.6. The van der Waals surface area contributed by atoms with Crippen LogP contribution >= 0.6 is 0 Å². The Labute approximate surface area is 99.4 Å². The molecule has 2 rings (SSSR count). The van der Waals surface area contributed by atoms with E-state index in [2.05, 4.69) is 5.32 Å². The molecule has 0 spiro atoms. The summed E-state index contributed by atoms with van der Waals surface area (Å²) in [6, 6.07) is 9.03. The van der Waals surface area contributed by atoms with Crippen molar-refractivity contribution >= 4 is 12.0 Å². The van der Waals surface area contributed by atoms with Crippen LogP contribution in [0.3, 0.4) is 0 Å². The highest BCUT2D eigenvalue weighted by atomic mass is 16.6. The van der Waals surface area contributed by atoms with Crippen LogP contribution in [0, 0.1) is 0 Å². The fraction of sp³-hybridized carbons (Fsp3) is 0.333. The van der Waals surface area contributed by atoms with Gasteiger partial charge in [0.25, 0.3) is 0 Å². The summed E-state index contributed by atoms with van der Waals surface area (Å²) in [6.07, 6.45) is -0.601. The maximum Gasteiger partial charge on any atom is 0.418 e. The fourth-order valence-corrected chi connectivity index (χ4v) is 1.58. The molecule has 0 saturated carbocycles. The van der Waals surface area contributed by atoms with Gasteiger partial charge in [0.1, 0.15) is 6.61 Å². The van der Waals surface area contributed by atoms with Crippen molar-refractivity contribution in [2.75, 3.05) is 6.67 Å². The molecule has 0 aliphatic carbocycles. The third kappa shape index (κ3) is 2.62. The van der Waals surface area contributed by atoms with Gasteiger partial charge in [-0.05, 0) is 12.5 Å². The van der Waals surface area contributed by atoms with E-state index in [0.717, 1.165) is 10.5 Å². The number of nitrogens with one attached hydrogen (secondary N) is 1. The zero-order chi connectivity index (χ0) is 12.3. The Bertz CT molecular complexity index is 419. The molecule has 0 aromatic heterocycles. The molecule has 1 atom stereocenters. The van der Waals surface area contributed by atoms with Gasteiger partial charge in [-0.3, -0.25) is 10.1 Å². The van der Waals surface area contributed by atoms with E-state index < -0.39 is 6.09 Å². The largest absolute Gasteiger partial charge is 0.444 e. The van der Waals surface area contributed by atoms with Crippen LogP contribution in [0.15, 0.2) is 30.3 Å². The van der Waals surface area contributed by atoms with Crippen molar-refractivity contribution in [3.05, 3.63) is 35.9 Å². The molecule has 0 radical (unpaired) electrons. The van der Waals surface area contributed by atoms with E-state index in [4.69, 9.17) is 4.74 Å². The molecule has 1 N–H and O–H groups in total. The van der Waals surface area contributed by atoms with Crippen molar-refractivity contribution in [2.24, 2.45) is 0 Å². The number of hydrogen-bond donors (Lipinski definition) is 1. The molecule has 5 heteroatoms. The molecule has 0 bridgehead atoms. The summed E-state index contributed by atoms with van der Waals surface area (Å²) in [5.74, 6) is -0.247. The fourth-order valence-electron chi connectivity index (χ4n) is 1.58. The van der Waals surface area contributed by atoms with Gasteiger partial charge >= 0.3 is 6.09 Å². The molecular formula is C12H14N2O3. The van der Waals surface area contributed by atoms with Crippen molar-refractivity contribution in [3.8, 4) is 0 Å². The van der Waals surface area contributed by atoms with Gasteiger partial charge in [0, 0.05) is 0 Å². The highest BCUT2D eigenvalue weighted by Crippen LogP contribution is 2.07. The second-order valence-electron chi connectivity index (χ2n) is 3.89. The van der Waals surface area contributed by atoms with Crippen LogP contribution in [0.2, 0.25) is 0 Å². The predicted molar refractivity (Wildman–Crippen MR) is 60.9 cm³/mol. The summed E-state index contributed by atoms with van der Waals surface area (Å²) in [6.45, 7) is 2.11. The Morgan fingerprint density at radius 2 is 2.18 bits per heavy atom. The third-order valence-corrected chi connectivity index (χ3v) is 2.62. The minimum Gasteiger partial charge on any atom is -0.444 e. The second-order valence-corrected chi connectivity index (χ2v) is 3.89. The molecule has 17 heavy (non-hydrogen) atoms. The van der Waals surface area contributed by atoms with Gasteiger partial charge in [-0.25, -0.2) is 9.69 Å². The van der Waals surface area contributed by atoms with Gasteiger partial charge in [0.15, 0.2) is 0 Å². The van der Waals surface area contributed by atoms with Crippen LogP contribution in [-0.4, -0.2) is 29.6 Å². The zero-order valence-electron chi connectivity index (χ0n) is 9.55. The molecule has 90 valence electrons. The smallest absolute Gasteiger partial charge is 0.418 e. The van der Waals surface area contributed by atoms with Gasteiger partial charge in [0.2, 0.25) is 5.91 Å². The molecular weight excluding hydrogens is 220 g/mol. The Morgan fingerprint density at radius 1 is 1.47 bits per heavy atom. The summed E-state index contributed by atoms with van der Waals surface area (Å²) in [7, 11) is 0. The minimum absolute atomic E-state index is 0.178. The summed E-state index contributed by atoms with van der Waals surface area (Å²) < 4.78 is 5.06. The van der Waals surface area contributed by atoms with Gasteiger partial charge < -0.3 is 4.74 Å². The lowest BCUT2D eigenvalue weighted by molar-refractivity contribution is -0.127. The highest BCUT2D eigenvalue weighted by molar-refractivity contribution is 5.96. The Kier molecular flexibility index (Phi) is 3.39. The number of amides is 2. The number of benzene rings is 1. The number of hydrogen-bond acceptors (Lipinski definition) is 4. The first-order chi connectivity index (χ1) is 8.18. The van der Waals surface area contributed by atoms with E-state index in [-0.39, 0.29) is 25.2 Å². The molecule has 2 amide bonds. The molecule has 1 aromatic rings. The number of ether oxygens (including phenoxy) is 1. The first-order valence-corrected chi connectivity index (χ1v) is 5.44. The average Bonchev–Trinajstić information content (AvgIpc) is 2.69. The standard InChI is InChI=1S/C12H14N2O3/c1-9-11(15)14(8-13-9)12(16)17-7-10-5-3-2-4-6-10/h2-6,9,13H,7-8H2,1H3. The first-order valence-electron chi connectivity index (χ1n) is 5.44. The van der Waals surface area contributed by atoms with E-state index in [1.165, 1.54) is 0 Å². The van der Waals surface area contributed by atoms with Crippen molar-refractivity contribution in [1.82, 2.24) is 10.2 Å². The maximum atomic E-state index is 11.6. The van der Waals surface area contributed by atoms with Crippen LogP contribution in [0.4, 0.5) is 4.79 Å². The Balaban J connectivity index is 1.88. The van der Waals surface area contributed by atoms with Crippen molar-refractivity contribution < 1.29 is 14.3 Å². The zero-order valence-corrected chi connectivity index (χ0v) is 9.55. The molecule has 1 unspecified atom stereocenters. The molecule has 1 aliphatic heterocycles. The second kappa shape index (κ2) is 4.97. The number of carbonyl (C=O) groups is 2. The van der Waals surface area contributed by atoms with Crippen LogP contribution < -0.4 is 5.32 Å². The first kappa shape index (κ1) is 11.6. The van der Waals surface area contributed by atoms with E-state index in [0.29, 0.717) is 0 Å². The topological polar surface area (TPSA) is 58.6 Å². The molecule has 1 aliphatic rings. The van der Waals surface area contributed by atoms with E-state index in [1.807, 2.05) is 30.3 Å². The third-order valence-electron chi connectivity index (χ3n) is 2.62. The lowest BCUT2D eigenvalue weighted by Gasteiger charge is -2.13. The lowest BCUT2D eigenvalue weighted by Crippen LogP contribution is -2.34. The highest BCUT2D eigenvalue weighted by Gasteiger charge is 2.33. The van der Waals surface area contributed by atoms with Crippen molar-refractivity contribution in [2.45, 2.75) is 19.6 Å². The summed E-state index contributed by atoms with van der Waals surface area (Å²) in [5, 5.41) is 2.87. The van der Waals surface area contributed by atoms with Gasteiger partial charge in [0.05, 0.1) is 12.7 Å². The van der Waals surface area contributed by atoms with E-state index >= 15 is 0 Å². The van der Waals surface area contributed by atoms with Gasteiger partial charge in [-0.2, -0.15) is 0 Å². The van der Waals surface area contributed by atoms with Crippen molar-refractivity contribution in [1.29, 1.82) is 0 Å². The summed E-state index contributed by atoms with van der Waals surface area (Å²) in [4.78, 5) is 24.2. The molecule has 1 heterocycles. The quantitative estimate of drug-likeness (QED) is 0.832. The van der Waals surface area contributed by atoms with E-state index in [1.54, 1.807) is 6.92 Å². The summed E-state index contributed by atoms with van der Waals surface area (Å²) >= 11 is 0. The number of nitrogens with zero attached hydrogens (tertiary/aromatic N) is 1. The van der Waals surface area contributed by atoms with E-state index in [9.17, 15) is 9.59 Å². The molecule has 1 aromatic carbocycles. The molecule has 1 fully saturated rings. The van der Waals surface area contributed by atoms with Crippen LogP contribution in [0.1, 0.15) is 12.5 Å². The van der Waals surface area contributed by atoms with Crippen LogP contribution in [0.25, 0.3) is 0 Å². The SMILES string of the molecule is CC1NCN(C(=O)OCc2ccccc2)C1=O. The van der Waals surface area contributed by atoms with Crippen molar-refractivity contribution in [3.63, 3.8) is 0 Å². The number of rotatable bonds is 2. The monoisotopic (exact) mass is 234 g/mol. The molecule has 5 nitrogen and oxygen atoms in total. The Hall–Kier alpha value is -1.88. The van der Waals surface area contributed by atoms with Crippen LogP contribution in [0.5, 0.6) is 0 Å². The van der Waals surface area contributed by atoms with Gasteiger partial charge in [-0.15, -0.1) is 0 Å². The van der Waals surface area contributed by atoms with Gasteiger partial charge in [-0.1, -0.05) is 30.3 Å². The minimum atomic E-state index is -0.601. The average molecular weight is 234 g/mol. The van der Waals surface area contributed by atoms with Crippen LogP contribution in [-0.2, 0) is 16.1 Å². The number of carbonyl (C=O) groups excluding carboxylic acids is 2. The normalized spacial score (nSPS) is 19.5. The predicted octanol–water partition coefficient (Wildman–Crippen LogP) is 1.10. The Morgan fingerprint density at radius 3 is 2.76 bits per heavy atom. The number of imide groups is 1. The molecule has 1 saturated heterocycles. The summed E-state index contributed by atoms with van der Waals surface area (Å²) in [5.41, 5.74) is 0.897.